The molecule has 1 aromatic heterocycles. The molecule has 0 radical (unpaired) electrons. The van der Waals surface area contributed by atoms with E-state index >= 15 is 0 Å². The molecule has 2 unspecified atom stereocenters. The van der Waals surface area contributed by atoms with Crippen LogP contribution in [0.5, 0.6) is 0 Å². The molecule has 0 saturated heterocycles. The van der Waals surface area contributed by atoms with Crippen LogP contribution in [0.3, 0.4) is 0 Å². The number of benzene rings is 1. The van der Waals surface area contributed by atoms with Crippen LogP contribution in [0, 0.1) is 0 Å². The average Bonchev–Trinajstić information content (AvgIpc) is 3.01. The van der Waals surface area contributed by atoms with Gasteiger partial charge in [0, 0.05) is 18.1 Å². The molecule has 2 heterocycles. The largest absolute Gasteiger partial charge is 0.480 e. The number of pyridine rings is 1. The number of thioether (sulfide) groups is 1. The third-order valence-electron chi connectivity index (χ3n) is 3.84. The van der Waals surface area contributed by atoms with E-state index in [-0.39, 0.29) is 5.50 Å². The van der Waals surface area contributed by atoms with Gasteiger partial charge in [-0.15, -0.1) is 4.68 Å². The molecule has 1 aliphatic rings. The van der Waals surface area contributed by atoms with Crippen molar-refractivity contribution in [3.05, 3.63) is 65.5 Å². The Morgan fingerprint density at radius 3 is 2.73 bits per heavy atom. The van der Waals surface area contributed by atoms with Crippen molar-refractivity contribution < 1.29 is 14.6 Å². The summed E-state index contributed by atoms with van der Waals surface area (Å²) in [6.07, 6.45) is 3.65. The fourth-order valence-corrected chi connectivity index (χ4v) is 3.39. The second-order valence-electron chi connectivity index (χ2n) is 5.79. The molecule has 0 amide bonds. The van der Waals surface area contributed by atoms with Crippen molar-refractivity contribution in [2.45, 2.75) is 23.7 Å². The molecule has 0 saturated carbocycles. The van der Waals surface area contributed by atoms with Crippen molar-refractivity contribution in [3.8, 4) is 0 Å². The Labute approximate surface area is 154 Å². The van der Waals surface area contributed by atoms with Gasteiger partial charge in [0.15, 0.2) is 0 Å². The summed E-state index contributed by atoms with van der Waals surface area (Å²) in [6, 6.07) is 10.5. The molecular formula is C17H19N6O2S+. The summed E-state index contributed by atoms with van der Waals surface area (Å²) in [7, 11) is 0. The van der Waals surface area contributed by atoms with Crippen molar-refractivity contribution in [3.63, 3.8) is 0 Å². The number of carboxylic acid groups (broad SMARTS) is 1. The number of amidine groups is 1. The smallest absolute Gasteiger partial charge is 0.378 e. The van der Waals surface area contributed by atoms with Gasteiger partial charge in [0.2, 0.25) is 0 Å². The third kappa shape index (κ3) is 4.24. The predicted octanol–water partition coefficient (Wildman–Crippen LogP) is 1.35. The van der Waals surface area contributed by atoms with Crippen LogP contribution in [0.2, 0.25) is 0 Å². The highest BCUT2D eigenvalue weighted by atomic mass is 32.2. The summed E-state index contributed by atoms with van der Waals surface area (Å²) in [6.45, 7) is 0. The van der Waals surface area contributed by atoms with Gasteiger partial charge in [-0.1, -0.05) is 36.0 Å². The molecule has 134 valence electrons. The van der Waals surface area contributed by atoms with Crippen LogP contribution in [0.1, 0.15) is 16.7 Å². The Kier molecular flexibility index (Phi) is 5.59. The first-order chi connectivity index (χ1) is 12.5. The van der Waals surface area contributed by atoms with Gasteiger partial charge in [0.25, 0.3) is 5.50 Å². The summed E-state index contributed by atoms with van der Waals surface area (Å²) in [5.41, 5.74) is 8.08. The summed E-state index contributed by atoms with van der Waals surface area (Å²) < 4.78 is 1.53. The number of azo groups is 1. The molecule has 2 atom stereocenters. The summed E-state index contributed by atoms with van der Waals surface area (Å²) in [5.74, 6) is 6.40. The van der Waals surface area contributed by atoms with Crippen LogP contribution in [-0.2, 0) is 17.0 Å². The van der Waals surface area contributed by atoms with E-state index in [4.69, 9.17) is 16.7 Å². The topological polar surface area (TPSA) is 130 Å². The normalized spacial score (nSPS) is 17.5. The van der Waals surface area contributed by atoms with Gasteiger partial charge < -0.3 is 10.8 Å². The fraction of sp³-hybridized carbons (Fsp3) is 0.235. The molecule has 0 bridgehead atoms. The zero-order chi connectivity index (χ0) is 18.5. The number of hydrogen-bond acceptors (Lipinski definition) is 7. The van der Waals surface area contributed by atoms with Crippen molar-refractivity contribution in [2.75, 3.05) is 0 Å². The lowest BCUT2D eigenvalue weighted by atomic mass is 10.0. The lowest BCUT2D eigenvalue weighted by molar-refractivity contribution is -0.546. The molecule has 0 fully saturated rings. The van der Waals surface area contributed by atoms with Crippen LogP contribution in [0.4, 0.5) is 0 Å². The molecule has 8 nitrogen and oxygen atoms in total. The standard InChI is InChI=1S/C17H18N6O2S/c18-14(16(24)25)9-11-2-1-3-12(8-11)10-26-17-22-21-15(23(17)19)13-4-6-20-7-5-13/h1-8,14,17H,9-10,18H2,(H2-,19,20,22,24,25)/p+1. The highest BCUT2D eigenvalue weighted by Crippen LogP contribution is 2.24. The molecular weight excluding hydrogens is 352 g/mol. The number of hydrazone groups is 1. The number of nitrogens with zero attached hydrogens (tertiary/aromatic N) is 4. The minimum atomic E-state index is -1.01. The first kappa shape index (κ1) is 18.0. The zero-order valence-corrected chi connectivity index (χ0v) is 14.7. The molecule has 0 aliphatic carbocycles. The van der Waals surface area contributed by atoms with Gasteiger partial charge in [-0.2, -0.15) is 0 Å². The predicted molar refractivity (Wildman–Crippen MR) is 98.5 cm³/mol. The average molecular weight is 371 g/mol. The highest BCUT2D eigenvalue weighted by molar-refractivity contribution is 7.98. The Bertz CT molecular complexity index is 855. The lowest BCUT2D eigenvalue weighted by Crippen LogP contribution is -2.32. The van der Waals surface area contributed by atoms with Gasteiger partial charge in [-0.3, -0.25) is 15.6 Å². The van der Waals surface area contributed by atoms with E-state index in [2.05, 4.69) is 15.2 Å². The molecule has 3 rings (SSSR count). The van der Waals surface area contributed by atoms with Crippen LogP contribution >= 0.6 is 11.8 Å². The van der Waals surface area contributed by atoms with Crippen molar-refractivity contribution in [1.82, 2.24) is 4.98 Å². The maximum atomic E-state index is 10.9. The minimum absolute atomic E-state index is 0.292. The van der Waals surface area contributed by atoms with Gasteiger partial charge in [0.05, 0.1) is 10.7 Å². The van der Waals surface area contributed by atoms with E-state index < -0.39 is 12.0 Å². The Morgan fingerprint density at radius 1 is 1.27 bits per heavy atom. The highest BCUT2D eigenvalue weighted by Gasteiger charge is 2.31. The van der Waals surface area contributed by atoms with Crippen LogP contribution in [0.15, 0.2) is 59.0 Å². The van der Waals surface area contributed by atoms with Crippen molar-refractivity contribution in [1.29, 1.82) is 0 Å². The van der Waals surface area contributed by atoms with Gasteiger partial charge in [-0.05, 0) is 34.8 Å². The number of nitrogens with two attached hydrogens (primary N) is 2. The van der Waals surface area contributed by atoms with Crippen molar-refractivity contribution >= 4 is 23.6 Å². The SMILES string of the molecule is NC(Cc1cccc(CSC2N=NC(c3ccncc3)=[N+]2N)c1)C(=O)O. The molecule has 1 aromatic carbocycles. The van der Waals surface area contributed by atoms with Gasteiger partial charge >= 0.3 is 11.8 Å². The first-order valence-corrected chi connectivity index (χ1v) is 8.99. The molecule has 26 heavy (non-hydrogen) atoms. The fourth-order valence-electron chi connectivity index (χ4n) is 2.50. The quantitative estimate of drug-likeness (QED) is 0.497. The molecule has 9 heteroatoms. The summed E-state index contributed by atoms with van der Waals surface area (Å²) >= 11 is 1.53. The summed E-state index contributed by atoms with van der Waals surface area (Å²) in [4.78, 5) is 14.9. The summed E-state index contributed by atoms with van der Waals surface area (Å²) in [5, 5.41) is 17.3. The monoisotopic (exact) mass is 371 g/mol. The van der Waals surface area contributed by atoms with E-state index in [1.54, 1.807) is 12.4 Å². The molecule has 0 spiro atoms. The maximum Gasteiger partial charge on any atom is 0.378 e. The van der Waals surface area contributed by atoms with E-state index in [0.717, 1.165) is 16.7 Å². The molecule has 2 aromatic rings. The number of carbonyl (C=O) groups is 1. The van der Waals surface area contributed by atoms with Gasteiger partial charge in [0.1, 0.15) is 6.04 Å². The maximum absolute atomic E-state index is 10.9. The minimum Gasteiger partial charge on any atom is -0.480 e. The van der Waals surface area contributed by atoms with E-state index in [1.165, 1.54) is 16.4 Å². The van der Waals surface area contributed by atoms with Crippen LogP contribution < -0.4 is 11.6 Å². The Morgan fingerprint density at radius 2 is 2.00 bits per heavy atom. The van der Waals surface area contributed by atoms with Crippen molar-refractivity contribution in [2.24, 2.45) is 21.8 Å². The number of hydrazine groups is 1. The molecule has 1 aliphatic heterocycles. The number of aliphatic carboxylic acids is 1. The third-order valence-corrected chi connectivity index (χ3v) is 4.96. The van der Waals surface area contributed by atoms with E-state index in [0.29, 0.717) is 18.0 Å². The second kappa shape index (κ2) is 8.07. The van der Waals surface area contributed by atoms with Crippen LogP contribution in [-0.4, -0.2) is 38.1 Å². The van der Waals surface area contributed by atoms with Crippen LogP contribution in [0.25, 0.3) is 0 Å². The zero-order valence-electron chi connectivity index (χ0n) is 13.9. The first-order valence-electron chi connectivity index (χ1n) is 7.94. The van der Waals surface area contributed by atoms with Gasteiger partial charge in [-0.25, -0.2) is 0 Å². The Hall–Kier alpha value is -2.78. The number of carboxylic acids is 1. The second-order valence-corrected chi connectivity index (χ2v) is 6.83. The van der Waals surface area contributed by atoms with E-state index in [9.17, 15) is 4.79 Å². The lowest BCUT2D eigenvalue weighted by Gasteiger charge is -2.09. The van der Waals surface area contributed by atoms with E-state index in [1.807, 2.05) is 36.4 Å². The number of aromatic nitrogens is 1. The number of hydrogen-bond donors (Lipinski definition) is 3. The number of rotatable bonds is 7. The molecule has 5 N–H and O–H groups in total. The Balaban J connectivity index is 1.64.